The highest BCUT2D eigenvalue weighted by atomic mass is 16.6. The number of rotatable bonds is 7. The highest BCUT2D eigenvalue weighted by Gasteiger charge is 2.26. The van der Waals surface area contributed by atoms with Crippen LogP contribution in [-0.2, 0) is 9.53 Å². The van der Waals surface area contributed by atoms with Crippen molar-refractivity contribution >= 4 is 23.9 Å². The van der Waals surface area contributed by atoms with Crippen LogP contribution in [0.15, 0.2) is 36.4 Å². The Morgan fingerprint density at radius 1 is 1.14 bits per heavy atom. The van der Waals surface area contributed by atoms with Gasteiger partial charge in [-0.3, -0.25) is 9.59 Å². The van der Waals surface area contributed by atoms with Crippen LogP contribution in [0.4, 0.5) is 5.69 Å². The molecule has 1 amide bonds. The van der Waals surface area contributed by atoms with E-state index in [-0.39, 0.29) is 28.2 Å². The zero-order valence-electron chi connectivity index (χ0n) is 15.5. The van der Waals surface area contributed by atoms with Crippen LogP contribution in [0, 0.1) is 11.3 Å². The molecule has 0 radical (unpaired) electrons. The molecule has 8 heteroatoms. The first kappa shape index (κ1) is 20.5. The maximum Gasteiger partial charge on any atom is 0.343 e. The van der Waals surface area contributed by atoms with E-state index in [1.54, 1.807) is 24.3 Å². The summed E-state index contributed by atoms with van der Waals surface area (Å²) in [4.78, 5) is 36.3. The smallest absolute Gasteiger partial charge is 0.343 e. The number of benzene rings is 2. The molecule has 1 N–H and O–H groups in total. The Morgan fingerprint density at radius 2 is 1.86 bits per heavy atom. The van der Waals surface area contributed by atoms with Crippen LogP contribution in [0.1, 0.15) is 33.2 Å². The van der Waals surface area contributed by atoms with Gasteiger partial charge in [0.25, 0.3) is 5.91 Å². The lowest BCUT2D eigenvalue weighted by atomic mass is 10.1. The number of nitrogens with one attached hydrogen (secondary N) is 1. The van der Waals surface area contributed by atoms with Crippen molar-refractivity contribution < 1.29 is 28.6 Å². The van der Waals surface area contributed by atoms with E-state index in [1.165, 1.54) is 33.3 Å². The second-order valence-electron chi connectivity index (χ2n) is 5.58. The molecule has 0 aromatic heterocycles. The molecule has 28 heavy (non-hydrogen) atoms. The number of anilines is 1. The number of amides is 1. The summed E-state index contributed by atoms with van der Waals surface area (Å²) in [6.07, 6.45) is -0.721. The van der Waals surface area contributed by atoms with Gasteiger partial charge in [-0.1, -0.05) is 12.1 Å². The number of ether oxygens (including phenoxy) is 3. The van der Waals surface area contributed by atoms with E-state index >= 15 is 0 Å². The lowest BCUT2D eigenvalue weighted by Crippen LogP contribution is -2.30. The van der Waals surface area contributed by atoms with Gasteiger partial charge in [-0.05, 0) is 31.2 Å². The SMILES string of the molecule is COc1ccc(C=O)c(C(=O)O[C@H](C)C(=O)Nc2ccccc2C#N)c1OC. The monoisotopic (exact) mass is 382 g/mol. The molecule has 1 atom stereocenters. The maximum atomic E-state index is 12.6. The number of carbonyl (C=O) groups is 3. The molecule has 0 saturated carbocycles. The fourth-order valence-electron chi connectivity index (χ4n) is 2.45. The summed E-state index contributed by atoms with van der Waals surface area (Å²) < 4.78 is 15.5. The molecule has 144 valence electrons. The van der Waals surface area contributed by atoms with Crippen molar-refractivity contribution in [2.45, 2.75) is 13.0 Å². The minimum atomic E-state index is -1.20. The van der Waals surface area contributed by atoms with Crippen LogP contribution in [0.3, 0.4) is 0 Å². The predicted octanol–water partition coefficient (Wildman–Crippen LogP) is 2.57. The average Bonchev–Trinajstić information content (AvgIpc) is 2.72. The average molecular weight is 382 g/mol. The minimum absolute atomic E-state index is 0.0273. The summed E-state index contributed by atoms with van der Waals surface area (Å²) in [7, 11) is 2.70. The van der Waals surface area contributed by atoms with Crippen molar-refractivity contribution in [2.24, 2.45) is 0 Å². The Labute approximate surface area is 161 Å². The lowest BCUT2D eigenvalue weighted by molar-refractivity contribution is -0.123. The fourth-order valence-corrected chi connectivity index (χ4v) is 2.45. The highest BCUT2D eigenvalue weighted by molar-refractivity contribution is 6.03. The van der Waals surface area contributed by atoms with Gasteiger partial charge >= 0.3 is 5.97 Å². The number of methoxy groups -OCH3 is 2. The maximum absolute atomic E-state index is 12.6. The quantitative estimate of drug-likeness (QED) is 0.578. The first-order valence-corrected chi connectivity index (χ1v) is 8.17. The summed E-state index contributed by atoms with van der Waals surface area (Å²) in [5.74, 6) is -1.29. The Kier molecular flexibility index (Phi) is 6.71. The summed E-state index contributed by atoms with van der Waals surface area (Å²) in [6.45, 7) is 1.37. The third-order valence-electron chi connectivity index (χ3n) is 3.87. The zero-order chi connectivity index (χ0) is 20.7. The van der Waals surface area contributed by atoms with Crippen LogP contribution in [0.25, 0.3) is 0 Å². The summed E-state index contributed by atoms with van der Waals surface area (Å²) in [5.41, 5.74) is 0.455. The molecule has 0 spiro atoms. The molecule has 2 aromatic carbocycles. The summed E-state index contributed by atoms with van der Waals surface area (Å²) in [5, 5.41) is 11.6. The molecule has 0 fully saturated rings. The fraction of sp³-hybridized carbons (Fsp3) is 0.200. The predicted molar refractivity (Wildman–Crippen MR) is 99.6 cm³/mol. The zero-order valence-corrected chi connectivity index (χ0v) is 15.5. The largest absolute Gasteiger partial charge is 0.493 e. The van der Waals surface area contributed by atoms with Crippen molar-refractivity contribution in [3.63, 3.8) is 0 Å². The normalized spacial score (nSPS) is 10.9. The van der Waals surface area contributed by atoms with Gasteiger partial charge in [-0.25, -0.2) is 4.79 Å². The molecule has 2 rings (SSSR count). The molecule has 0 bridgehead atoms. The molecule has 0 aliphatic carbocycles. The van der Waals surface area contributed by atoms with E-state index in [0.717, 1.165) is 0 Å². The molecule has 8 nitrogen and oxygen atoms in total. The Morgan fingerprint density at radius 3 is 2.46 bits per heavy atom. The van der Waals surface area contributed by atoms with Gasteiger partial charge in [-0.15, -0.1) is 0 Å². The number of para-hydroxylation sites is 1. The third-order valence-corrected chi connectivity index (χ3v) is 3.87. The molecular weight excluding hydrogens is 364 g/mol. The van der Waals surface area contributed by atoms with E-state index in [1.807, 2.05) is 6.07 Å². The second-order valence-corrected chi connectivity index (χ2v) is 5.58. The number of aldehydes is 1. The van der Waals surface area contributed by atoms with Gasteiger partial charge in [0.15, 0.2) is 23.9 Å². The summed E-state index contributed by atoms with van der Waals surface area (Å²) in [6, 6.07) is 11.2. The molecule has 0 saturated heterocycles. The van der Waals surface area contributed by atoms with E-state index in [0.29, 0.717) is 12.0 Å². The van der Waals surface area contributed by atoms with Crippen molar-refractivity contribution in [1.29, 1.82) is 5.26 Å². The number of carbonyl (C=O) groups excluding carboxylic acids is 3. The molecule has 0 aliphatic heterocycles. The molecule has 2 aromatic rings. The number of esters is 1. The van der Waals surface area contributed by atoms with Crippen molar-refractivity contribution in [2.75, 3.05) is 19.5 Å². The molecular formula is C20H18N2O6. The Balaban J connectivity index is 2.24. The number of nitriles is 1. The lowest BCUT2D eigenvalue weighted by Gasteiger charge is -2.17. The first-order chi connectivity index (χ1) is 13.5. The van der Waals surface area contributed by atoms with E-state index in [4.69, 9.17) is 19.5 Å². The summed E-state index contributed by atoms with van der Waals surface area (Å²) >= 11 is 0. The van der Waals surface area contributed by atoms with Crippen LogP contribution >= 0.6 is 0 Å². The van der Waals surface area contributed by atoms with Gasteiger partial charge in [0, 0.05) is 5.56 Å². The molecule has 0 unspecified atom stereocenters. The van der Waals surface area contributed by atoms with Gasteiger partial charge in [-0.2, -0.15) is 5.26 Å². The van der Waals surface area contributed by atoms with Gasteiger partial charge in [0.05, 0.1) is 25.5 Å². The standard InChI is InChI=1S/C20H18N2O6/c1-12(19(24)22-15-7-5-4-6-13(15)10-21)28-20(25)17-14(11-23)8-9-16(26-2)18(17)27-3/h4-9,11-12H,1-3H3,(H,22,24)/t12-/m1/s1. The Hall–Kier alpha value is -3.86. The van der Waals surface area contributed by atoms with Crippen LogP contribution < -0.4 is 14.8 Å². The Bertz CT molecular complexity index is 948. The van der Waals surface area contributed by atoms with Gasteiger partial charge in [0.2, 0.25) is 0 Å². The van der Waals surface area contributed by atoms with E-state index in [9.17, 15) is 14.4 Å². The number of hydrogen-bond donors (Lipinski definition) is 1. The number of nitrogens with zero attached hydrogens (tertiary/aromatic N) is 1. The van der Waals surface area contributed by atoms with Crippen molar-refractivity contribution in [3.05, 3.63) is 53.1 Å². The van der Waals surface area contributed by atoms with Crippen LogP contribution in [0.5, 0.6) is 11.5 Å². The molecule has 0 heterocycles. The topological polar surface area (TPSA) is 115 Å². The number of hydrogen-bond acceptors (Lipinski definition) is 7. The van der Waals surface area contributed by atoms with Crippen LogP contribution in [-0.4, -0.2) is 38.5 Å². The van der Waals surface area contributed by atoms with Crippen molar-refractivity contribution in [1.82, 2.24) is 0 Å². The minimum Gasteiger partial charge on any atom is -0.493 e. The first-order valence-electron chi connectivity index (χ1n) is 8.17. The van der Waals surface area contributed by atoms with Crippen molar-refractivity contribution in [3.8, 4) is 17.6 Å². The third kappa shape index (κ3) is 4.27. The van der Waals surface area contributed by atoms with E-state index in [2.05, 4.69) is 5.32 Å². The van der Waals surface area contributed by atoms with Crippen LogP contribution in [0.2, 0.25) is 0 Å². The highest BCUT2D eigenvalue weighted by Crippen LogP contribution is 2.33. The van der Waals surface area contributed by atoms with E-state index < -0.39 is 18.0 Å². The van der Waals surface area contributed by atoms with Gasteiger partial charge in [0.1, 0.15) is 11.6 Å². The van der Waals surface area contributed by atoms with Gasteiger partial charge < -0.3 is 19.5 Å². The second kappa shape index (κ2) is 9.19. The molecule has 0 aliphatic rings.